The summed E-state index contributed by atoms with van der Waals surface area (Å²) in [6.07, 6.45) is -3.75. The zero-order chi connectivity index (χ0) is 10.9. The maximum atomic E-state index is 12.2. The van der Waals surface area contributed by atoms with E-state index in [9.17, 15) is 13.2 Å². The van der Waals surface area contributed by atoms with Crippen molar-refractivity contribution < 1.29 is 13.2 Å². The first kappa shape index (κ1) is 9.91. The molecule has 0 radical (unpaired) electrons. The van der Waals surface area contributed by atoms with E-state index in [4.69, 9.17) is 0 Å². The van der Waals surface area contributed by atoms with Gasteiger partial charge in [0.05, 0.1) is 5.69 Å². The standard InChI is InChI=1S/C8H7F3N4/c9-8(10,11)7-13-6(14-15-7)5-3-1-2-4-12-5/h1-4,6,14H,(H,13,15). The van der Waals surface area contributed by atoms with Crippen LogP contribution in [0.3, 0.4) is 0 Å². The maximum absolute atomic E-state index is 12.2. The molecule has 7 heteroatoms. The topological polar surface area (TPSA) is 49.3 Å². The molecule has 0 saturated heterocycles. The molecule has 1 aromatic heterocycles. The first-order valence-corrected chi connectivity index (χ1v) is 4.15. The van der Waals surface area contributed by atoms with Crippen LogP contribution in [0.1, 0.15) is 11.9 Å². The van der Waals surface area contributed by atoms with Crippen LogP contribution in [0, 0.1) is 0 Å². The van der Waals surface area contributed by atoms with Crippen molar-refractivity contribution in [3.63, 3.8) is 0 Å². The number of pyridine rings is 1. The lowest BCUT2D eigenvalue weighted by molar-refractivity contribution is -0.0614. The highest BCUT2D eigenvalue weighted by Crippen LogP contribution is 2.22. The molecule has 0 amide bonds. The van der Waals surface area contributed by atoms with Crippen LogP contribution in [0.25, 0.3) is 0 Å². The number of halogens is 3. The Kier molecular flexibility index (Phi) is 2.31. The van der Waals surface area contributed by atoms with E-state index >= 15 is 0 Å². The monoisotopic (exact) mass is 216 g/mol. The molecule has 0 fully saturated rings. The molecule has 0 spiro atoms. The molecule has 1 aliphatic heterocycles. The van der Waals surface area contributed by atoms with Gasteiger partial charge in [0.15, 0.2) is 6.17 Å². The number of rotatable bonds is 1. The molecule has 2 rings (SSSR count). The SMILES string of the molecule is FC(F)(F)C1=NC(c2ccccn2)NN1. The van der Waals surface area contributed by atoms with Crippen molar-refractivity contribution >= 4 is 5.84 Å². The molecule has 1 unspecified atom stereocenters. The third-order valence-corrected chi connectivity index (χ3v) is 1.82. The average molecular weight is 216 g/mol. The highest BCUT2D eigenvalue weighted by Gasteiger charge is 2.40. The van der Waals surface area contributed by atoms with Gasteiger partial charge in [-0.25, -0.2) is 10.4 Å². The van der Waals surface area contributed by atoms with Crippen molar-refractivity contribution in [1.82, 2.24) is 15.8 Å². The van der Waals surface area contributed by atoms with Gasteiger partial charge in [-0.2, -0.15) is 13.2 Å². The molecule has 1 aromatic rings. The summed E-state index contributed by atoms with van der Waals surface area (Å²) >= 11 is 0. The number of nitrogens with zero attached hydrogens (tertiary/aromatic N) is 2. The van der Waals surface area contributed by atoms with Gasteiger partial charge in [0.2, 0.25) is 5.84 Å². The third kappa shape index (κ3) is 2.07. The fourth-order valence-electron chi connectivity index (χ4n) is 1.15. The largest absolute Gasteiger partial charge is 0.450 e. The average Bonchev–Trinajstić information content (AvgIpc) is 2.67. The predicted octanol–water partition coefficient (Wildman–Crippen LogP) is 1.15. The van der Waals surface area contributed by atoms with Crippen LogP contribution >= 0.6 is 0 Å². The van der Waals surface area contributed by atoms with E-state index in [1.54, 1.807) is 18.2 Å². The van der Waals surface area contributed by atoms with Crippen molar-refractivity contribution in [2.45, 2.75) is 12.3 Å². The number of hydrogen-bond donors (Lipinski definition) is 2. The van der Waals surface area contributed by atoms with E-state index in [0.29, 0.717) is 5.69 Å². The van der Waals surface area contributed by atoms with Crippen molar-refractivity contribution in [3.8, 4) is 0 Å². The zero-order valence-corrected chi connectivity index (χ0v) is 7.42. The quantitative estimate of drug-likeness (QED) is 0.740. The molecule has 0 aliphatic carbocycles. The summed E-state index contributed by atoms with van der Waals surface area (Å²) in [6, 6.07) is 4.97. The van der Waals surface area contributed by atoms with E-state index in [2.05, 4.69) is 15.4 Å². The number of aromatic nitrogens is 1. The zero-order valence-electron chi connectivity index (χ0n) is 7.42. The van der Waals surface area contributed by atoms with Crippen LogP contribution in [-0.2, 0) is 0 Å². The van der Waals surface area contributed by atoms with Gasteiger partial charge in [-0.3, -0.25) is 10.4 Å². The molecule has 4 nitrogen and oxygen atoms in total. The Labute approximate surface area is 83.2 Å². The van der Waals surface area contributed by atoms with Crippen LogP contribution in [0.5, 0.6) is 0 Å². The highest BCUT2D eigenvalue weighted by molar-refractivity contribution is 5.88. The van der Waals surface area contributed by atoms with E-state index in [1.807, 2.05) is 5.43 Å². The molecule has 0 saturated carbocycles. The second kappa shape index (κ2) is 3.50. The normalized spacial score (nSPS) is 21.0. The smallest absolute Gasteiger partial charge is 0.300 e. The second-order valence-corrected chi connectivity index (χ2v) is 2.90. The van der Waals surface area contributed by atoms with Gasteiger partial charge in [0.25, 0.3) is 0 Å². The van der Waals surface area contributed by atoms with Gasteiger partial charge in [-0.05, 0) is 12.1 Å². The highest BCUT2D eigenvalue weighted by atomic mass is 19.4. The lowest BCUT2D eigenvalue weighted by Crippen LogP contribution is -2.39. The molecular weight excluding hydrogens is 209 g/mol. The Morgan fingerprint density at radius 2 is 2.07 bits per heavy atom. The van der Waals surface area contributed by atoms with Crippen LogP contribution < -0.4 is 10.9 Å². The van der Waals surface area contributed by atoms with Gasteiger partial charge in [-0.1, -0.05) is 6.07 Å². The maximum Gasteiger partial charge on any atom is 0.450 e. The number of hydrazine groups is 1. The fraction of sp³-hybridized carbons (Fsp3) is 0.250. The molecule has 2 N–H and O–H groups in total. The van der Waals surface area contributed by atoms with Gasteiger partial charge < -0.3 is 0 Å². The van der Waals surface area contributed by atoms with E-state index < -0.39 is 18.2 Å². The molecular formula is C8H7F3N4. The molecule has 80 valence electrons. The van der Waals surface area contributed by atoms with Gasteiger partial charge in [-0.15, -0.1) is 0 Å². The molecule has 1 atom stereocenters. The lowest BCUT2D eigenvalue weighted by Gasteiger charge is -2.05. The molecule has 15 heavy (non-hydrogen) atoms. The van der Waals surface area contributed by atoms with Crippen molar-refractivity contribution in [1.29, 1.82) is 0 Å². The van der Waals surface area contributed by atoms with Crippen molar-refractivity contribution in [2.24, 2.45) is 4.99 Å². The second-order valence-electron chi connectivity index (χ2n) is 2.90. The van der Waals surface area contributed by atoms with Crippen molar-refractivity contribution in [3.05, 3.63) is 30.1 Å². The molecule has 0 aromatic carbocycles. The fourth-order valence-corrected chi connectivity index (χ4v) is 1.15. The Morgan fingerprint density at radius 1 is 1.27 bits per heavy atom. The van der Waals surface area contributed by atoms with Gasteiger partial charge >= 0.3 is 6.18 Å². The van der Waals surface area contributed by atoms with Gasteiger partial charge in [0, 0.05) is 6.20 Å². The summed E-state index contributed by atoms with van der Waals surface area (Å²) < 4.78 is 36.6. The number of aliphatic imine (C=N–C) groups is 1. The minimum Gasteiger partial charge on any atom is -0.300 e. The minimum absolute atomic E-state index is 0.434. The summed E-state index contributed by atoms with van der Waals surface area (Å²) in [5.74, 6) is -1.03. The van der Waals surface area contributed by atoms with Crippen molar-refractivity contribution in [2.75, 3.05) is 0 Å². The Balaban J connectivity index is 2.20. The van der Waals surface area contributed by atoms with E-state index in [-0.39, 0.29) is 0 Å². The lowest BCUT2D eigenvalue weighted by atomic mass is 10.3. The number of hydrogen-bond acceptors (Lipinski definition) is 4. The number of alkyl halides is 3. The molecule has 1 aliphatic rings. The van der Waals surface area contributed by atoms with Crippen LogP contribution in [0.4, 0.5) is 13.2 Å². The van der Waals surface area contributed by atoms with E-state index in [1.165, 1.54) is 6.20 Å². The summed E-state index contributed by atoms with van der Waals surface area (Å²) in [7, 11) is 0. The summed E-state index contributed by atoms with van der Waals surface area (Å²) in [5.41, 5.74) is 4.81. The van der Waals surface area contributed by atoms with Crippen LogP contribution in [-0.4, -0.2) is 17.0 Å². The summed E-state index contributed by atoms with van der Waals surface area (Å²) in [6.45, 7) is 0. The van der Waals surface area contributed by atoms with Crippen LogP contribution in [0.15, 0.2) is 29.4 Å². The first-order valence-electron chi connectivity index (χ1n) is 4.15. The summed E-state index contributed by atoms with van der Waals surface area (Å²) in [5, 5.41) is 0. The molecule has 2 heterocycles. The summed E-state index contributed by atoms with van der Waals surface area (Å²) in [4.78, 5) is 7.34. The Bertz CT molecular complexity index is 373. The molecule has 0 bridgehead atoms. The third-order valence-electron chi connectivity index (χ3n) is 1.82. The minimum atomic E-state index is -4.46. The Hall–Kier alpha value is -1.63. The number of nitrogens with one attached hydrogen (secondary N) is 2. The first-order chi connectivity index (χ1) is 7.07. The number of amidine groups is 1. The van der Waals surface area contributed by atoms with E-state index in [0.717, 1.165) is 0 Å². The predicted molar refractivity (Wildman–Crippen MR) is 46.7 cm³/mol. The van der Waals surface area contributed by atoms with Gasteiger partial charge in [0.1, 0.15) is 0 Å². The van der Waals surface area contributed by atoms with Crippen LogP contribution in [0.2, 0.25) is 0 Å². The Morgan fingerprint density at radius 3 is 2.60 bits per heavy atom.